The van der Waals surface area contributed by atoms with Gasteiger partial charge < -0.3 is 10.4 Å². The summed E-state index contributed by atoms with van der Waals surface area (Å²) in [4.78, 5) is 11.4. The zero-order valence-corrected chi connectivity index (χ0v) is 9.24. The molecule has 0 saturated carbocycles. The lowest BCUT2D eigenvalue weighted by atomic mass is 10.1. The van der Waals surface area contributed by atoms with E-state index in [-0.39, 0.29) is 30.8 Å². The topological polar surface area (TPSA) is 49.3 Å². The van der Waals surface area contributed by atoms with Gasteiger partial charge in [0.15, 0.2) is 0 Å². The van der Waals surface area contributed by atoms with Gasteiger partial charge in [0.05, 0.1) is 6.61 Å². The summed E-state index contributed by atoms with van der Waals surface area (Å²) in [7, 11) is 0. The Hall–Kier alpha value is -1.42. The molecule has 88 valence electrons. The third kappa shape index (κ3) is 3.98. The lowest BCUT2D eigenvalue weighted by molar-refractivity contribution is -0.121. The number of aryl methyl sites for hydroxylation is 1. The normalized spacial score (nSPS) is 12.2. The average molecular weight is 225 g/mol. The summed E-state index contributed by atoms with van der Waals surface area (Å²) in [5.74, 6) is -0.463. The van der Waals surface area contributed by atoms with Crippen molar-refractivity contribution in [2.75, 3.05) is 6.61 Å². The summed E-state index contributed by atoms with van der Waals surface area (Å²) >= 11 is 0. The maximum Gasteiger partial charge on any atom is 0.220 e. The molecule has 0 bridgehead atoms. The molecule has 4 heteroatoms. The number of hydrogen-bond donors (Lipinski definition) is 2. The van der Waals surface area contributed by atoms with Gasteiger partial charge in [0.1, 0.15) is 5.82 Å². The SMILES string of the molecule is CC(CO)NC(=O)CCc1ccccc1F. The van der Waals surface area contributed by atoms with Crippen LogP contribution in [0.25, 0.3) is 0 Å². The van der Waals surface area contributed by atoms with E-state index in [0.29, 0.717) is 12.0 Å². The molecule has 1 amide bonds. The Bertz CT molecular complexity index is 355. The molecule has 1 unspecified atom stereocenters. The monoisotopic (exact) mass is 225 g/mol. The fourth-order valence-electron chi connectivity index (χ4n) is 1.34. The summed E-state index contributed by atoms with van der Waals surface area (Å²) in [6.07, 6.45) is 0.599. The van der Waals surface area contributed by atoms with E-state index >= 15 is 0 Å². The zero-order valence-electron chi connectivity index (χ0n) is 9.24. The lowest BCUT2D eigenvalue weighted by Gasteiger charge is -2.10. The van der Waals surface area contributed by atoms with E-state index in [1.54, 1.807) is 25.1 Å². The summed E-state index contributed by atoms with van der Waals surface area (Å²) in [6, 6.07) is 6.15. The number of hydrogen-bond acceptors (Lipinski definition) is 2. The Morgan fingerprint density at radius 2 is 2.19 bits per heavy atom. The number of aliphatic hydroxyl groups is 1. The van der Waals surface area contributed by atoms with Crippen molar-refractivity contribution in [2.24, 2.45) is 0 Å². The molecule has 2 N–H and O–H groups in total. The fraction of sp³-hybridized carbons (Fsp3) is 0.417. The highest BCUT2D eigenvalue weighted by molar-refractivity contribution is 5.76. The van der Waals surface area contributed by atoms with Crippen molar-refractivity contribution < 1.29 is 14.3 Å². The Kier molecular flexibility index (Phi) is 4.92. The first-order valence-corrected chi connectivity index (χ1v) is 5.27. The van der Waals surface area contributed by atoms with E-state index < -0.39 is 0 Å². The number of halogens is 1. The van der Waals surface area contributed by atoms with E-state index in [2.05, 4.69) is 5.32 Å². The van der Waals surface area contributed by atoms with Gasteiger partial charge in [-0.3, -0.25) is 4.79 Å². The molecular formula is C12H16FNO2. The van der Waals surface area contributed by atoms with Gasteiger partial charge in [-0.1, -0.05) is 18.2 Å². The first-order chi connectivity index (χ1) is 7.63. The van der Waals surface area contributed by atoms with Gasteiger partial charge in [0, 0.05) is 12.5 Å². The smallest absolute Gasteiger partial charge is 0.220 e. The third-order valence-corrected chi connectivity index (χ3v) is 2.26. The van der Waals surface area contributed by atoms with Crippen molar-refractivity contribution in [2.45, 2.75) is 25.8 Å². The predicted octanol–water partition coefficient (Wildman–Crippen LogP) is 1.26. The minimum atomic E-state index is -0.287. The van der Waals surface area contributed by atoms with Crippen LogP contribution in [0.5, 0.6) is 0 Å². The molecule has 16 heavy (non-hydrogen) atoms. The Morgan fingerprint density at radius 3 is 2.81 bits per heavy atom. The van der Waals surface area contributed by atoms with Crippen LogP contribution >= 0.6 is 0 Å². The van der Waals surface area contributed by atoms with Crippen molar-refractivity contribution in [3.05, 3.63) is 35.6 Å². The van der Waals surface area contributed by atoms with Gasteiger partial charge in [0.25, 0.3) is 0 Å². The molecule has 0 aliphatic carbocycles. The quantitative estimate of drug-likeness (QED) is 0.792. The maximum atomic E-state index is 13.2. The first kappa shape index (κ1) is 12.6. The zero-order chi connectivity index (χ0) is 12.0. The van der Waals surface area contributed by atoms with Gasteiger partial charge in [-0.2, -0.15) is 0 Å². The molecule has 0 aromatic heterocycles. The van der Waals surface area contributed by atoms with E-state index in [0.717, 1.165) is 0 Å². The molecule has 3 nitrogen and oxygen atoms in total. The van der Waals surface area contributed by atoms with Gasteiger partial charge in [-0.25, -0.2) is 4.39 Å². The van der Waals surface area contributed by atoms with Gasteiger partial charge in [-0.05, 0) is 25.0 Å². The summed E-state index contributed by atoms with van der Waals surface area (Å²) in [6.45, 7) is 1.62. The van der Waals surface area contributed by atoms with Crippen LogP contribution in [0.3, 0.4) is 0 Å². The van der Waals surface area contributed by atoms with Crippen molar-refractivity contribution in [1.29, 1.82) is 0 Å². The molecule has 0 radical (unpaired) electrons. The second-order valence-electron chi connectivity index (χ2n) is 3.74. The molecule has 0 saturated heterocycles. The minimum absolute atomic E-state index is 0.0918. The average Bonchev–Trinajstić information content (AvgIpc) is 2.28. The summed E-state index contributed by atoms with van der Waals surface area (Å²) in [5, 5.41) is 11.3. The number of aliphatic hydroxyl groups excluding tert-OH is 1. The van der Waals surface area contributed by atoms with Gasteiger partial charge in [0.2, 0.25) is 5.91 Å². The van der Waals surface area contributed by atoms with Gasteiger partial charge >= 0.3 is 0 Å². The van der Waals surface area contributed by atoms with Crippen molar-refractivity contribution >= 4 is 5.91 Å². The number of benzene rings is 1. The number of carbonyl (C=O) groups excluding carboxylic acids is 1. The van der Waals surface area contributed by atoms with Crippen LogP contribution in [-0.2, 0) is 11.2 Å². The molecule has 1 atom stereocenters. The van der Waals surface area contributed by atoms with Crippen LogP contribution in [0.1, 0.15) is 18.9 Å². The Morgan fingerprint density at radius 1 is 1.50 bits per heavy atom. The largest absolute Gasteiger partial charge is 0.394 e. The molecule has 1 aromatic rings. The van der Waals surface area contributed by atoms with E-state index in [1.807, 2.05) is 0 Å². The third-order valence-electron chi connectivity index (χ3n) is 2.26. The Labute approximate surface area is 94.3 Å². The number of amides is 1. The van der Waals surface area contributed by atoms with Crippen molar-refractivity contribution in [3.63, 3.8) is 0 Å². The lowest BCUT2D eigenvalue weighted by Crippen LogP contribution is -2.35. The van der Waals surface area contributed by atoms with Crippen LogP contribution in [0.2, 0.25) is 0 Å². The second kappa shape index (κ2) is 6.23. The second-order valence-corrected chi connectivity index (χ2v) is 3.74. The molecule has 1 rings (SSSR count). The van der Waals surface area contributed by atoms with E-state index in [1.165, 1.54) is 6.07 Å². The van der Waals surface area contributed by atoms with Crippen molar-refractivity contribution in [1.82, 2.24) is 5.32 Å². The first-order valence-electron chi connectivity index (χ1n) is 5.27. The molecule has 0 heterocycles. The van der Waals surface area contributed by atoms with Crippen LogP contribution < -0.4 is 5.32 Å². The van der Waals surface area contributed by atoms with Crippen LogP contribution in [-0.4, -0.2) is 23.7 Å². The maximum absolute atomic E-state index is 13.2. The number of nitrogens with one attached hydrogen (secondary N) is 1. The molecule has 0 spiro atoms. The fourth-order valence-corrected chi connectivity index (χ4v) is 1.34. The molecule has 1 aromatic carbocycles. The summed E-state index contributed by atoms with van der Waals surface area (Å²) in [5.41, 5.74) is 0.536. The number of carbonyl (C=O) groups is 1. The minimum Gasteiger partial charge on any atom is -0.394 e. The standard InChI is InChI=1S/C12H16FNO2/c1-9(8-15)14-12(16)7-6-10-4-2-3-5-11(10)13/h2-5,9,15H,6-8H2,1H3,(H,14,16). The molecule has 0 aliphatic heterocycles. The highest BCUT2D eigenvalue weighted by atomic mass is 19.1. The highest BCUT2D eigenvalue weighted by Gasteiger charge is 2.07. The van der Waals surface area contributed by atoms with Crippen LogP contribution in [0.4, 0.5) is 4.39 Å². The molecule has 0 fully saturated rings. The van der Waals surface area contributed by atoms with E-state index in [9.17, 15) is 9.18 Å². The molecular weight excluding hydrogens is 209 g/mol. The number of rotatable bonds is 5. The van der Waals surface area contributed by atoms with Crippen LogP contribution in [0.15, 0.2) is 24.3 Å². The van der Waals surface area contributed by atoms with Gasteiger partial charge in [-0.15, -0.1) is 0 Å². The molecule has 0 aliphatic rings. The van der Waals surface area contributed by atoms with E-state index in [4.69, 9.17) is 5.11 Å². The predicted molar refractivity (Wildman–Crippen MR) is 59.4 cm³/mol. The summed E-state index contributed by atoms with van der Waals surface area (Å²) < 4.78 is 13.2. The van der Waals surface area contributed by atoms with Crippen LogP contribution in [0, 0.1) is 5.82 Å². The highest BCUT2D eigenvalue weighted by Crippen LogP contribution is 2.08. The Balaban J connectivity index is 2.40. The van der Waals surface area contributed by atoms with Crippen molar-refractivity contribution in [3.8, 4) is 0 Å².